The highest BCUT2D eigenvalue weighted by Crippen LogP contribution is 2.16. The fraction of sp³-hybridized carbons (Fsp3) is 0.930. The lowest BCUT2D eigenvalue weighted by atomic mass is 10.0. The molecule has 0 aromatic rings. The number of hydrogen-bond acceptors (Lipinski definition) is 6. The van der Waals surface area contributed by atoms with Crippen LogP contribution >= 0.6 is 0 Å². The summed E-state index contributed by atoms with van der Waals surface area (Å²) in [6, 6.07) is 0. The molecule has 0 saturated carbocycles. The number of unbranched alkanes of at least 4 members (excludes halogenated alkanes) is 22. The maximum absolute atomic E-state index is 12.6. The van der Waals surface area contributed by atoms with Crippen LogP contribution in [0, 0.1) is 11.8 Å². The summed E-state index contributed by atoms with van der Waals surface area (Å²) in [5.41, 5.74) is 0. The molecule has 0 aromatic heterocycles. The summed E-state index contributed by atoms with van der Waals surface area (Å²) in [7, 11) is 0. The molecule has 0 radical (unpaired) electrons. The molecule has 0 rings (SSSR count). The lowest BCUT2D eigenvalue weighted by Crippen LogP contribution is -2.30. The average Bonchev–Trinajstić information content (AvgIpc) is 3.06. The van der Waals surface area contributed by atoms with Crippen LogP contribution in [-0.4, -0.2) is 37.2 Å². The van der Waals surface area contributed by atoms with E-state index in [1.807, 2.05) is 0 Å². The number of ether oxygens (including phenoxy) is 3. The first kappa shape index (κ1) is 47.4. The number of carbonyl (C=O) groups is 3. The van der Waals surface area contributed by atoms with E-state index in [4.69, 9.17) is 14.2 Å². The lowest BCUT2D eigenvalue weighted by Gasteiger charge is -2.18. The minimum Gasteiger partial charge on any atom is -0.462 e. The first-order chi connectivity index (χ1) is 23.7. The van der Waals surface area contributed by atoms with Gasteiger partial charge < -0.3 is 14.2 Å². The zero-order valence-electron chi connectivity index (χ0n) is 33.3. The Bertz CT molecular complexity index is 749. The molecule has 0 aliphatic heterocycles. The van der Waals surface area contributed by atoms with Crippen LogP contribution in [0.5, 0.6) is 0 Å². The van der Waals surface area contributed by atoms with E-state index >= 15 is 0 Å². The second-order valence-corrected chi connectivity index (χ2v) is 15.6. The van der Waals surface area contributed by atoms with E-state index in [2.05, 4.69) is 34.6 Å². The van der Waals surface area contributed by atoms with Crippen LogP contribution in [0.25, 0.3) is 0 Å². The molecule has 49 heavy (non-hydrogen) atoms. The summed E-state index contributed by atoms with van der Waals surface area (Å²) >= 11 is 0. The van der Waals surface area contributed by atoms with Gasteiger partial charge in [-0.2, -0.15) is 0 Å². The maximum atomic E-state index is 12.6. The number of rotatable bonds is 37. The van der Waals surface area contributed by atoms with Gasteiger partial charge in [0, 0.05) is 19.3 Å². The number of carbonyl (C=O) groups excluding carboxylic acids is 3. The van der Waals surface area contributed by atoms with Crippen molar-refractivity contribution in [3.63, 3.8) is 0 Å². The largest absolute Gasteiger partial charge is 0.462 e. The van der Waals surface area contributed by atoms with E-state index in [1.165, 1.54) is 116 Å². The molecule has 0 aromatic carbocycles. The molecule has 0 spiro atoms. The van der Waals surface area contributed by atoms with Crippen LogP contribution in [0.2, 0.25) is 0 Å². The normalized spacial score (nSPS) is 12.1. The van der Waals surface area contributed by atoms with Gasteiger partial charge >= 0.3 is 17.9 Å². The smallest absolute Gasteiger partial charge is 0.306 e. The molecular weight excluding hydrogens is 612 g/mol. The zero-order valence-corrected chi connectivity index (χ0v) is 33.3. The van der Waals surface area contributed by atoms with E-state index in [-0.39, 0.29) is 31.1 Å². The molecular formula is C43H82O6. The third kappa shape index (κ3) is 37.5. The van der Waals surface area contributed by atoms with Crippen molar-refractivity contribution in [3.8, 4) is 0 Å². The van der Waals surface area contributed by atoms with E-state index < -0.39 is 6.10 Å². The Morgan fingerprint density at radius 2 is 0.673 bits per heavy atom. The Kier molecular flexibility index (Phi) is 35.0. The SMILES string of the molecule is CCCCCCCCCCCCCCC(=O)OC[C@H](COC(=O)CCCCCCCCC(C)C)OC(=O)CCCCCCCCCC(C)C. The van der Waals surface area contributed by atoms with Crippen molar-refractivity contribution in [3.05, 3.63) is 0 Å². The molecule has 0 fully saturated rings. The Hall–Kier alpha value is -1.59. The molecule has 6 nitrogen and oxygen atoms in total. The van der Waals surface area contributed by atoms with E-state index in [0.717, 1.165) is 69.6 Å². The van der Waals surface area contributed by atoms with Gasteiger partial charge in [-0.25, -0.2) is 0 Å². The van der Waals surface area contributed by atoms with Crippen molar-refractivity contribution in [2.75, 3.05) is 13.2 Å². The summed E-state index contributed by atoms with van der Waals surface area (Å²) in [5, 5.41) is 0. The third-order valence-electron chi connectivity index (χ3n) is 9.47. The molecule has 0 N–H and O–H groups in total. The highest BCUT2D eigenvalue weighted by Gasteiger charge is 2.19. The van der Waals surface area contributed by atoms with Crippen LogP contribution in [0.1, 0.15) is 227 Å². The summed E-state index contributed by atoms with van der Waals surface area (Å²) < 4.78 is 16.6. The van der Waals surface area contributed by atoms with Crippen molar-refractivity contribution in [1.82, 2.24) is 0 Å². The molecule has 1 atom stereocenters. The van der Waals surface area contributed by atoms with Crippen LogP contribution in [-0.2, 0) is 28.6 Å². The Balaban J connectivity index is 4.34. The predicted octanol–water partition coefficient (Wildman–Crippen LogP) is 13.0. The van der Waals surface area contributed by atoms with Gasteiger partial charge in [0.05, 0.1) is 0 Å². The summed E-state index contributed by atoms with van der Waals surface area (Å²) in [6.07, 6.45) is 32.5. The zero-order chi connectivity index (χ0) is 36.2. The second kappa shape index (κ2) is 36.2. The van der Waals surface area contributed by atoms with Crippen LogP contribution in [0.15, 0.2) is 0 Å². The monoisotopic (exact) mass is 695 g/mol. The lowest BCUT2D eigenvalue weighted by molar-refractivity contribution is -0.167. The topological polar surface area (TPSA) is 78.9 Å². The molecule has 6 heteroatoms. The van der Waals surface area contributed by atoms with Crippen LogP contribution in [0.4, 0.5) is 0 Å². The van der Waals surface area contributed by atoms with Crippen molar-refractivity contribution in [2.45, 2.75) is 233 Å². The molecule has 0 amide bonds. The van der Waals surface area contributed by atoms with Crippen LogP contribution < -0.4 is 0 Å². The standard InChI is InChI=1S/C43H82O6/c1-6-7-8-9-10-11-12-13-14-17-23-28-33-41(44)47-36-40(37-48-42(45)34-29-24-20-19-22-27-32-39(4)5)49-43(46)35-30-25-18-15-16-21-26-31-38(2)3/h38-40H,6-37H2,1-5H3/t40-/m1/s1. The quantitative estimate of drug-likeness (QED) is 0.0366. The number of hydrogen-bond donors (Lipinski definition) is 0. The molecule has 290 valence electrons. The fourth-order valence-electron chi connectivity index (χ4n) is 6.22. The van der Waals surface area contributed by atoms with Crippen LogP contribution in [0.3, 0.4) is 0 Å². The maximum Gasteiger partial charge on any atom is 0.306 e. The third-order valence-corrected chi connectivity index (χ3v) is 9.47. The van der Waals surface area contributed by atoms with E-state index in [0.29, 0.717) is 19.3 Å². The van der Waals surface area contributed by atoms with Gasteiger partial charge in [-0.15, -0.1) is 0 Å². The van der Waals surface area contributed by atoms with Gasteiger partial charge in [-0.1, -0.05) is 189 Å². The molecule has 0 bridgehead atoms. The average molecular weight is 695 g/mol. The fourth-order valence-corrected chi connectivity index (χ4v) is 6.22. The molecule has 0 saturated heterocycles. The molecule has 0 aliphatic carbocycles. The van der Waals surface area contributed by atoms with Gasteiger partial charge in [-0.3, -0.25) is 14.4 Å². The Morgan fingerprint density at radius 1 is 0.388 bits per heavy atom. The molecule has 0 unspecified atom stereocenters. The van der Waals surface area contributed by atoms with Crippen molar-refractivity contribution in [2.24, 2.45) is 11.8 Å². The first-order valence-electron chi connectivity index (χ1n) is 21.2. The predicted molar refractivity (Wildman–Crippen MR) is 206 cm³/mol. The van der Waals surface area contributed by atoms with Gasteiger partial charge in [0.25, 0.3) is 0 Å². The first-order valence-corrected chi connectivity index (χ1v) is 21.2. The van der Waals surface area contributed by atoms with Crippen molar-refractivity contribution in [1.29, 1.82) is 0 Å². The van der Waals surface area contributed by atoms with E-state index in [9.17, 15) is 14.4 Å². The molecule has 0 heterocycles. The highest BCUT2D eigenvalue weighted by atomic mass is 16.6. The summed E-state index contributed by atoms with van der Waals surface area (Å²) in [5.74, 6) is 0.672. The van der Waals surface area contributed by atoms with Gasteiger partial charge in [0.1, 0.15) is 13.2 Å². The summed E-state index contributed by atoms with van der Waals surface area (Å²) in [4.78, 5) is 37.5. The van der Waals surface area contributed by atoms with Gasteiger partial charge in [0.2, 0.25) is 0 Å². The van der Waals surface area contributed by atoms with Crippen molar-refractivity contribution < 1.29 is 28.6 Å². The second-order valence-electron chi connectivity index (χ2n) is 15.6. The summed E-state index contributed by atoms with van der Waals surface area (Å²) in [6.45, 7) is 11.2. The Morgan fingerprint density at radius 3 is 1.00 bits per heavy atom. The highest BCUT2D eigenvalue weighted by molar-refractivity contribution is 5.71. The van der Waals surface area contributed by atoms with Crippen molar-refractivity contribution >= 4 is 17.9 Å². The minimum absolute atomic E-state index is 0.0666. The minimum atomic E-state index is -0.760. The van der Waals surface area contributed by atoms with Gasteiger partial charge in [-0.05, 0) is 31.1 Å². The van der Waals surface area contributed by atoms with Gasteiger partial charge in [0.15, 0.2) is 6.10 Å². The van der Waals surface area contributed by atoms with E-state index in [1.54, 1.807) is 0 Å². The molecule has 0 aliphatic rings. The number of esters is 3. The Labute approximate surface area is 304 Å².